The van der Waals surface area contributed by atoms with Gasteiger partial charge in [0.2, 0.25) is 0 Å². The maximum Gasteiger partial charge on any atom is 0.335 e. The van der Waals surface area contributed by atoms with Gasteiger partial charge in [-0.3, -0.25) is 4.98 Å². The molecule has 1 N–H and O–H groups in total. The first-order valence-corrected chi connectivity index (χ1v) is 4.42. The third kappa shape index (κ3) is 2.92. The average molecular weight is 211 g/mol. The Labute approximate surface area is 87.7 Å². The molecule has 0 saturated carbocycles. The van der Waals surface area contributed by atoms with E-state index in [9.17, 15) is 9.90 Å². The lowest BCUT2D eigenvalue weighted by atomic mass is 10.1. The molecule has 5 heteroatoms. The van der Waals surface area contributed by atoms with Gasteiger partial charge in [0.1, 0.15) is 5.75 Å². The highest BCUT2D eigenvalue weighted by Gasteiger charge is 2.18. The minimum Gasteiger partial charge on any atom is -0.495 e. The molecule has 1 unspecified atom stereocenters. The number of methoxy groups -OCH3 is 2. The number of aliphatic hydroxyl groups is 1. The summed E-state index contributed by atoms with van der Waals surface area (Å²) in [6.45, 7) is 0. The van der Waals surface area contributed by atoms with Crippen molar-refractivity contribution in [2.45, 2.75) is 12.5 Å². The van der Waals surface area contributed by atoms with E-state index in [1.807, 2.05) is 0 Å². The third-order valence-electron chi connectivity index (χ3n) is 1.93. The van der Waals surface area contributed by atoms with Crippen LogP contribution in [0.15, 0.2) is 18.3 Å². The maximum atomic E-state index is 11.0. The number of aliphatic hydroxyl groups excluding tert-OH is 1. The van der Waals surface area contributed by atoms with Crippen LogP contribution in [0.5, 0.6) is 5.75 Å². The molecule has 0 amide bonds. The Morgan fingerprint density at radius 1 is 1.60 bits per heavy atom. The minimum atomic E-state index is -1.21. The van der Waals surface area contributed by atoms with Crippen molar-refractivity contribution in [3.63, 3.8) is 0 Å². The minimum absolute atomic E-state index is 0.0800. The largest absolute Gasteiger partial charge is 0.495 e. The van der Waals surface area contributed by atoms with E-state index in [0.29, 0.717) is 11.4 Å². The summed E-state index contributed by atoms with van der Waals surface area (Å²) in [5.41, 5.74) is 0.526. The van der Waals surface area contributed by atoms with Gasteiger partial charge in [0, 0.05) is 12.6 Å². The molecule has 1 aromatic heterocycles. The van der Waals surface area contributed by atoms with Crippen LogP contribution in [0.3, 0.4) is 0 Å². The van der Waals surface area contributed by atoms with Crippen molar-refractivity contribution in [1.29, 1.82) is 0 Å². The molecular weight excluding hydrogens is 198 g/mol. The quantitative estimate of drug-likeness (QED) is 0.719. The van der Waals surface area contributed by atoms with Gasteiger partial charge in [-0.1, -0.05) is 0 Å². The van der Waals surface area contributed by atoms with Crippen LogP contribution in [0.4, 0.5) is 0 Å². The zero-order valence-corrected chi connectivity index (χ0v) is 8.64. The molecule has 0 radical (unpaired) electrons. The molecule has 15 heavy (non-hydrogen) atoms. The van der Waals surface area contributed by atoms with Gasteiger partial charge in [0.05, 0.1) is 19.9 Å². The van der Waals surface area contributed by atoms with Crippen molar-refractivity contribution in [1.82, 2.24) is 4.98 Å². The van der Waals surface area contributed by atoms with E-state index >= 15 is 0 Å². The van der Waals surface area contributed by atoms with E-state index in [1.54, 1.807) is 18.3 Å². The number of carbonyl (C=O) groups excluding carboxylic acids is 1. The summed E-state index contributed by atoms with van der Waals surface area (Å²) < 4.78 is 9.43. The Hall–Kier alpha value is -1.62. The van der Waals surface area contributed by atoms with Crippen molar-refractivity contribution in [2.75, 3.05) is 14.2 Å². The molecule has 0 aliphatic carbocycles. The van der Waals surface area contributed by atoms with Gasteiger partial charge in [-0.25, -0.2) is 4.79 Å². The number of nitrogens with zero attached hydrogens (tertiary/aromatic N) is 1. The number of pyridine rings is 1. The molecule has 1 heterocycles. The van der Waals surface area contributed by atoms with Gasteiger partial charge < -0.3 is 14.6 Å². The lowest BCUT2D eigenvalue weighted by Gasteiger charge is -2.10. The second kappa shape index (κ2) is 5.31. The summed E-state index contributed by atoms with van der Waals surface area (Å²) in [6, 6.07) is 3.43. The first-order chi connectivity index (χ1) is 7.19. The topological polar surface area (TPSA) is 68.7 Å². The molecule has 1 atom stereocenters. The molecule has 0 spiro atoms. The van der Waals surface area contributed by atoms with Crippen LogP contribution in [0.2, 0.25) is 0 Å². The van der Waals surface area contributed by atoms with Crippen LogP contribution >= 0.6 is 0 Å². The van der Waals surface area contributed by atoms with E-state index in [2.05, 4.69) is 9.72 Å². The zero-order chi connectivity index (χ0) is 11.3. The summed E-state index contributed by atoms with van der Waals surface area (Å²) in [6.07, 6.45) is 0.442. The first kappa shape index (κ1) is 11.5. The van der Waals surface area contributed by atoms with Crippen LogP contribution < -0.4 is 4.74 Å². The predicted octanol–water partition coefficient (Wildman–Crippen LogP) is 0.167. The predicted molar refractivity (Wildman–Crippen MR) is 52.5 cm³/mol. The van der Waals surface area contributed by atoms with Gasteiger partial charge in [0.25, 0.3) is 0 Å². The Morgan fingerprint density at radius 3 is 2.93 bits per heavy atom. The Kier molecular flexibility index (Phi) is 4.05. The van der Waals surface area contributed by atoms with Crippen molar-refractivity contribution >= 4 is 5.97 Å². The second-order valence-electron chi connectivity index (χ2n) is 2.90. The fraction of sp³-hybridized carbons (Fsp3) is 0.400. The number of aromatic nitrogens is 1. The van der Waals surface area contributed by atoms with Crippen molar-refractivity contribution < 1.29 is 19.4 Å². The number of hydrogen-bond acceptors (Lipinski definition) is 5. The molecule has 1 aromatic rings. The maximum absolute atomic E-state index is 11.0. The van der Waals surface area contributed by atoms with Crippen molar-refractivity contribution in [3.05, 3.63) is 24.0 Å². The summed E-state index contributed by atoms with van der Waals surface area (Å²) in [7, 11) is 2.73. The summed E-state index contributed by atoms with van der Waals surface area (Å²) in [5, 5.41) is 9.42. The number of hydrogen-bond donors (Lipinski definition) is 1. The van der Waals surface area contributed by atoms with Crippen LogP contribution in [0.25, 0.3) is 0 Å². The lowest BCUT2D eigenvalue weighted by Crippen LogP contribution is -2.24. The molecule has 0 aliphatic rings. The first-order valence-electron chi connectivity index (χ1n) is 4.42. The normalized spacial score (nSPS) is 11.9. The van der Waals surface area contributed by atoms with Gasteiger partial charge in [-0.05, 0) is 12.1 Å². The summed E-state index contributed by atoms with van der Waals surface area (Å²) >= 11 is 0. The number of carbonyl (C=O) groups is 1. The Balaban J connectivity index is 2.75. The molecule has 0 saturated heterocycles. The van der Waals surface area contributed by atoms with Gasteiger partial charge >= 0.3 is 5.97 Å². The molecule has 1 rings (SSSR count). The fourth-order valence-corrected chi connectivity index (χ4v) is 1.16. The molecule has 5 nitrogen and oxygen atoms in total. The Bertz CT molecular complexity index is 340. The van der Waals surface area contributed by atoms with Crippen LogP contribution in [-0.4, -0.2) is 36.4 Å². The molecule has 0 aliphatic heterocycles. The highest BCUT2D eigenvalue weighted by molar-refractivity contribution is 5.74. The van der Waals surface area contributed by atoms with Crippen LogP contribution in [-0.2, 0) is 16.0 Å². The number of esters is 1. The van der Waals surface area contributed by atoms with Gasteiger partial charge in [-0.15, -0.1) is 0 Å². The lowest BCUT2D eigenvalue weighted by molar-refractivity contribution is -0.150. The van der Waals surface area contributed by atoms with Crippen LogP contribution in [0, 0.1) is 0 Å². The molecule has 0 bridgehead atoms. The molecule has 82 valence electrons. The van der Waals surface area contributed by atoms with E-state index in [-0.39, 0.29) is 6.42 Å². The highest BCUT2D eigenvalue weighted by atomic mass is 16.5. The van der Waals surface area contributed by atoms with Gasteiger partial charge in [0.15, 0.2) is 6.10 Å². The van der Waals surface area contributed by atoms with E-state index in [0.717, 1.165) is 0 Å². The zero-order valence-electron chi connectivity index (χ0n) is 8.64. The van der Waals surface area contributed by atoms with Crippen LogP contribution in [0.1, 0.15) is 5.69 Å². The number of rotatable bonds is 4. The molecule has 0 fully saturated rings. The van der Waals surface area contributed by atoms with E-state index in [4.69, 9.17) is 4.74 Å². The average Bonchev–Trinajstić information content (AvgIpc) is 2.28. The van der Waals surface area contributed by atoms with Gasteiger partial charge in [-0.2, -0.15) is 0 Å². The Morgan fingerprint density at radius 2 is 2.33 bits per heavy atom. The SMILES string of the molecule is COC(=O)C(O)Cc1ncccc1OC. The van der Waals surface area contributed by atoms with Crippen molar-refractivity contribution in [2.24, 2.45) is 0 Å². The summed E-state index contributed by atoms with van der Waals surface area (Å²) in [5.74, 6) is -0.136. The van der Waals surface area contributed by atoms with E-state index < -0.39 is 12.1 Å². The molecule has 0 aromatic carbocycles. The standard InChI is InChI=1S/C10H13NO4/c1-14-9-4-3-5-11-7(9)6-8(12)10(13)15-2/h3-5,8,12H,6H2,1-2H3. The highest BCUT2D eigenvalue weighted by Crippen LogP contribution is 2.16. The molecular formula is C10H13NO4. The monoisotopic (exact) mass is 211 g/mol. The van der Waals surface area contributed by atoms with E-state index in [1.165, 1.54) is 14.2 Å². The smallest absolute Gasteiger partial charge is 0.335 e. The summed E-state index contributed by atoms with van der Waals surface area (Å²) in [4.78, 5) is 15.0. The third-order valence-corrected chi connectivity index (χ3v) is 1.93. The van der Waals surface area contributed by atoms with Crippen molar-refractivity contribution in [3.8, 4) is 5.75 Å². The fourth-order valence-electron chi connectivity index (χ4n) is 1.16. The number of ether oxygens (including phenoxy) is 2. The second-order valence-corrected chi connectivity index (χ2v) is 2.90.